The Morgan fingerprint density at radius 2 is 1.95 bits per heavy atom. The first kappa shape index (κ1) is 12.4. The summed E-state index contributed by atoms with van der Waals surface area (Å²) in [5, 5.41) is 0.662. The molecule has 0 unspecified atom stereocenters. The van der Waals surface area contributed by atoms with E-state index in [0.29, 0.717) is 16.5 Å². The van der Waals surface area contributed by atoms with Gasteiger partial charge in [0.2, 0.25) is 0 Å². The van der Waals surface area contributed by atoms with Crippen molar-refractivity contribution in [2.24, 2.45) is 0 Å². The van der Waals surface area contributed by atoms with Crippen molar-refractivity contribution in [3.8, 4) is 11.1 Å². The van der Waals surface area contributed by atoms with Crippen molar-refractivity contribution in [2.45, 2.75) is 25.2 Å². The molecule has 0 spiro atoms. The van der Waals surface area contributed by atoms with E-state index in [9.17, 15) is 4.79 Å². The normalized spacial score (nSPS) is 15.0. The summed E-state index contributed by atoms with van der Waals surface area (Å²) < 4.78 is 0. The molecule has 2 heteroatoms. The monoisotopic (exact) mass is 270 g/mol. The molecule has 0 amide bonds. The molecule has 2 aromatic carbocycles. The highest BCUT2D eigenvalue weighted by molar-refractivity contribution is 6.31. The topological polar surface area (TPSA) is 17.1 Å². The van der Waals surface area contributed by atoms with Gasteiger partial charge in [0.15, 0.2) is 6.29 Å². The smallest absolute Gasteiger partial charge is 0.150 e. The largest absolute Gasteiger partial charge is 0.298 e. The number of halogens is 1. The summed E-state index contributed by atoms with van der Waals surface area (Å²) in [6.07, 6.45) is 4.77. The number of carbonyl (C=O) groups is 1. The van der Waals surface area contributed by atoms with Gasteiger partial charge in [0.25, 0.3) is 0 Å². The van der Waals surface area contributed by atoms with Gasteiger partial charge in [-0.3, -0.25) is 4.79 Å². The Morgan fingerprint density at radius 1 is 1.11 bits per heavy atom. The van der Waals surface area contributed by atoms with Gasteiger partial charge in [-0.2, -0.15) is 0 Å². The van der Waals surface area contributed by atoms with Gasteiger partial charge in [0.05, 0.1) is 0 Å². The third-order valence-corrected chi connectivity index (χ3v) is 4.15. The Kier molecular flexibility index (Phi) is 3.39. The average molecular weight is 271 g/mol. The Labute approximate surface area is 118 Å². The fourth-order valence-electron chi connectivity index (χ4n) is 2.58. The van der Waals surface area contributed by atoms with E-state index in [0.717, 1.165) is 17.4 Å². The maximum atomic E-state index is 11.2. The molecule has 0 radical (unpaired) electrons. The molecule has 0 atom stereocenters. The fraction of sp³-hybridized carbons (Fsp3) is 0.235. The fourth-order valence-corrected chi connectivity index (χ4v) is 2.76. The number of hydrogen-bond donors (Lipinski definition) is 0. The molecule has 0 bridgehead atoms. The van der Waals surface area contributed by atoms with Gasteiger partial charge < -0.3 is 0 Å². The van der Waals surface area contributed by atoms with Crippen LogP contribution >= 0.6 is 11.6 Å². The van der Waals surface area contributed by atoms with Crippen LogP contribution in [0.4, 0.5) is 0 Å². The van der Waals surface area contributed by atoms with Crippen molar-refractivity contribution < 1.29 is 4.79 Å². The van der Waals surface area contributed by atoms with E-state index in [1.165, 1.54) is 24.8 Å². The lowest BCUT2D eigenvalue weighted by molar-refractivity contribution is 0.112. The number of aldehydes is 1. The lowest BCUT2D eigenvalue weighted by atomic mass is 9.79. The summed E-state index contributed by atoms with van der Waals surface area (Å²) >= 11 is 6.05. The predicted octanol–water partition coefficient (Wildman–Crippen LogP) is 5.09. The van der Waals surface area contributed by atoms with Crippen LogP contribution in [-0.2, 0) is 0 Å². The van der Waals surface area contributed by atoms with Crippen molar-refractivity contribution in [2.75, 3.05) is 0 Å². The third kappa shape index (κ3) is 2.43. The Balaban J connectivity index is 2.05. The molecule has 1 saturated carbocycles. The second-order valence-corrected chi connectivity index (χ2v) is 5.54. The van der Waals surface area contributed by atoms with Gasteiger partial charge in [-0.15, -0.1) is 0 Å². The Bertz CT molecular complexity index is 614. The Morgan fingerprint density at radius 3 is 2.63 bits per heavy atom. The lowest BCUT2D eigenvalue weighted by Crippen LogP contribution is -2.08. The standard InChI is InChI=1S/C17H15ClO/c18-16-8-7-15(11-19)17(10-16)14-6-2-5-13(9-14)12-3-1-4-12/h2,5-12H,1,3-4H2. The first-order valence-corrected chi connectivity index (χ1v) is 7.01. The van der Waals surface area contributed by atoms with E-state index in [-0.39, 0.29) is 0 Å². The maximum Gasteiger partial charge on any atom is 0.150 e. The molecule has 0 heterocycles. The van der Waals surface area contributed by atoms with Crippen LogP contribution in [0.2, 0.25) is 5.02 Å². The van der Waals surface area contributed by atoms with Crippen molar-refractivity contribution in [1.82, 2.24) is 0 Å². The van der Waals surface area contributed by atoms with Crippen LogP contribution in [0, 0.1) is 0 Å². The van der Waals surface area contributed by atoms with Gasteiger partial charge in [-0.1, -0.05) is 42.3 Å². The number of rotatable bonds is 3. The Hall–Kier alpha value is -1.60. The van der Waals surface area contributed by atoms with Crippen LogP contribution in [0.25, 0.3) is 11.1 Å². The van der Waals surface area contributed by atoms with Gasteiger partial charge >= 0.3 is 0 Å². The highest BCUT2D eigenvalue weighted by Gasteiger charge is 2.19. The first-order valence-electron chi connectivity index (χ1n) is 6.63. The maximum absolute atomic E-state index is 11.2. The second-order valence-electron chi connectivity index (χ2n) is 5.10. The molecular formula is C17H15ClO. The second kappa shape index (κ2) is 5.18. The molecule has 2 aromatic rings. The van der Waals surface area contributed by atoms with Crippen LogP contribution in [0.1, 0.15) is 41.1 Å². The molecule has 1 nitrogen and oxygen atoms in total. The molecule has 1 aliphatic rings. The summed E-state index contributed by atoms with van der Waals surface area (Å²) in [7, 11) is 0. The van der Waals surface area contributed by atoms with Crippen LogP contribution < -0.4 is 0 Å². The lowest BCUT2D eigenvalue weighted by Gasteiger charge is -2.26. The molecule has 3 rings (SSSR count). The van der Waals surface area contributed by atoms with Gasteiger partial charge in [0.1, 0.15) is 0 Å². The zero-order valence-corrected chi connectivity index (χ0v) is 11.4. The van der Waals surface area contributed by atoms with Crippen LogP contribution in [-0.4, -0.2) is 6.29 Å². The summed E-state index contributed by atoms with van der Waals surface area (Å²) in [5.74, 6) is 0.693. The van der Waals surface area contributed by atoms with E-state index in [4.69, 9.17) is 11.6 Å². The van der Waals surface area contributed by atoms with Crippen molar-refractivity contribution >= 4 is 17.9 Å². The predicted molar refractivity (Wildman–Crippen MR) is 78.9 cm³/mol. The quantitative estimate of drug-likeness (QED) is 0.710. The summed E-state index contributed by atoms with van der Waals surface area (Å²) in [6.45, 7) is 0. The molecule has 19 heavy (non-hydrogen) atoms. The summed E-state index contributed by atoms with van der Waals surface area (Å²) in [6, 6.07) is 13.9. The highest BCUT2D eigenvalue weighted by Crippen LogP contribution is 2.38. The molecule has 96 valence electrons. The number of hydrogen-bond acceptors (Lipinski definition) is 1. The van der Waals surface area contributed by atoms with E-state index >= 15 is 0 Å². The van der Waals surface area contributed by atoms with Crippen molar-refractivity contribution in [1.29, 1.82) is 0 Å². The van der Waals surface area contributed by atoms with E-state index < -0.39 is 0 Å². The van der Waals surface area contributed by atoms with E-state index in [1.807, 2.05) is 12.1 Å². The van der Waals surface area contributed by atoms with Gasteiger partial charge in [-0.05, 0) is 53.6 Å². The molecule has 0 N–H and O–H groups in total. The first-order chi connectivity index (χ1) is 9.28. The zero-order valence-electron chi connectivity index (χ0n) is 10.6. The number of carbonyl (C=O) groups excluding carboxylic acids is 1. The van der Waals surface area contributed by atoms with Crippen LogP contribution in [0.15, 0.2) is 42.5 Å². The minimum absolute atomic E-state index is 0.662. The van der Waals surface area contributed by atoms with E-state index in [1.54, 1.807) is 12.1 Å². The van der Waals surface area contributed by atoms with Crippen LogP contribution in [0.5, 0.6) is 0 Å². The number of benzene rings is 2. The van der Waals surface area contributed by atoms with Gasteiger partial charge in [0, 0.05) is 10.6 Å². The molecule has 1 fully saturated rings. The third-order valence-electron chi connectivity index (χ3n) is 3.92. The molecule has 0 aromatic heterocycles. The van der Waals surface area contributed by atoms with Crippen molar-refractivity contribution in [3.05, 3.63) is 58.6 Å². The summed E-state index contributed by atoms with van der Waals surface area (Å²) in [5.41, 5.74) is 4.06. The van der Waals surface area contributed by atoms with Gasteiger partial charge in [-0.25, -0.2) is 0 Å². The highest BCUT2D eigenvalue weighted by atomic mass is 35.5. The minimum atomic E-state index is 0.662. The molecular weight excluding hydrogens is 256 g/mol. The zero-order chi connectivity index (χ0) is 13.2. The molecule has 0 aliphatic heterocycles. The van der Waals surface area contributed by atoms with E-state index in [2.05, 4.69) is 18.2 Å². The molecule has 0 saturated heterocycles. The van der Waals surface area contributed by atoms with Crippen molar-refractivity contribution in [3.63, 3.8) is 0 Å². The molecule has 1 aliphatic carbocycles. The summed E-state index contributed by atoms with van der Waals surface area (Å²) in [4.78, 5) is 11.2. The SMILES string of the molecule is O=Cc1ccc(Cl)cc1-c1cccc(C2CCC2)c1. The average Bonchev–Trinajstić information content (AvgIpc) is 2.37. The van der Waals surface area contributed by atoms with Crippen LogP contribution in [0.3, 0.4) is 0 Å². The minimum Gasteiger partial charge on any atom is -0.298 e.